The van der Waals surface area contributed by atoms with E-state index in [0.717, 1.165) is 10.6 Å². The second kappa shape index (κ2) is 10.2. The minimum absolute atomic E-state index is 0.117. The van der Waals surface area contributed by atoms with Gasteiger partial charge in [-0.15, -0.1) is 16.9 Å². The molecule has 2 aliphatic rings. The molecule has 0 radical (unpaired) electrons. The molecule has 1 aromatic carbocycles. The van der Waals surface area contributed by atoms with Crippen LogP contribution in [0.15, 0.2) is 42.3 Å². The Hall–Kier alpha value is -3.75. The number of halogens is 4. The van der Waals surface area contributed by atoms with Gasteiger partial charge in [0.25, 0.3) is 5.91 Å². The summed E-state index contributed by atoms with van der Waals surface area (Å²) in [6.45, 7) is 3.64. The summed E-state index contributed by atoms with van der Waals surface area (Å²) in [5.41, 5.74) is 7.95. The molecule has 1 fully saturated rings. The molecule has 2 aliphatic heterocycles. The number of hydrogen-bond donors (Lipinski definition) is 3. The molecule has 200 valence electrons. The summed E-state index contributed by atoms with van der Waals surface area (Å²) in [7, 11) is 1.89. The fourth-order valence-electron chi connectivity index (χ4n) is 4.18. The van der Waals surface area contributed by atoms with Crippen LogP contribution in [0.3, 0.4) is 0 Å². The summed E-state index contributed by atoms with van der Waals surface area (Å²) >= 11 is 1.45. The monoisotopic (exact) mass is 548 g/mol. The molecule has 1 saturated heterocycles. The number of alkyl halides is 3. The van der Waals surface area contributed by atoms with Gasteiger partial charge in [-0.05, 0) is 32.2 Å². The van der Waals surface area contributed by atoms with Crippen LogP contribution in [0, 0.1) is 12.7 Å². The number of rotatable bonds is 5. The van der Waals surface area contributed by atoms with E-state index in [4.69, 9.17) is 0 Å². The minimum atomic E-state index is -4.93. The van der Waals surface area contributed by atoms with Crippen molar-refractivity contribution in [2.75, 3.05) is 48.5 Å². The first-order chi connectivity index (χ1) is 18.1. The van der Waals surface area contributed by atoms with E-state index in [1.54, 1.807) is 40.8 Å². The molecule has 0 unspecified atom stereocenters. The Balaban J connectivity index is 1.42. The normalized spacial score (nSPS) is 16.4. The van der Waals surface area contributed by atoms with Crippen molar-refractivity contribution in [3.63, 3.8) is 0 Å². The minimum Gasteiger partial charge on any atom is -0.367 e. The second-order valence-electron chi connectivity index (χ2n) is 8.94. The van der Waals surface area contributed by atoms with Crippen LogP contribution in [-0.4, -0.2) is 54.0 Å². The molecule has 9 nitrogen and oxygen atoms in total. The van der Waals surface area contributed by atoms with Crippen LogP contribution in [0.1, 0.15) is 26.5 Å². The zero-order chi connectivity index (χ0) is 27.0. The number of nitrogens with one attached hydrogen (secondary N) is 3. The van der Waals surface area contributed by atoms with Crippen molar-refractivity contribution in [1.29, 1.82) is 0 Å². The number of pyridine rings is 1. The zero-order valence-electron chi connectivity index (χ0n) is 20.4. The molecule has 0 spiro atoms. The smallest absolute Gasteiger partial charge is 0.367 e. The van der Waals surface area contributed by atoms with Gasteiger partial charge in [-0.2, -0.15) is 13.2 Å². The lowest BCUT2D eigenvalue weighted by Crippen LogP contribution is -2.45. The lowest BCUT2D eigenvalue weighted by Gasteiger charge is -2.34. The molecule has 4 heterocycles. The van der Waals surface area contributed by atoms with E-state index in [-0.39, 0.29) is 16.9 Å². The first kappa shape index (κ1) is 25.9. The van der Waals surface area contributed by atoms with Crippen LogP contribution in [0.4, 0.5) is 34.6 Å². The predicted octanol–water partition coefficient (Wildman–Crippen LogP) is 3.84. The molecule has 14 heteroatoms. The number of nitrogens with zero attached hydrogens (tertiary/aromatic N) is 5. The average molecular weight is 549 g/mol. The third kappa shape index (κ3) is 5.28. The van der Waals surface area contributed by atoms with Gasteiger partial charge in [-0.1, -0.05) is 0 Å². The highest BCUT2D eigenvalue weighted by Gasteiger charge is 2.37. The largest absolute Gasteiger partial charge is 0.419 e. The number of anilines is 3. The lowest BCUT2D eigenvalue weighted by atomic mass is 10.1. The molecule has 0 atom stereocenters. The van der Waals surface area contributed by atoms with E-state index in [9.17, 15) is 22.4 Å². The van der Waals surface area contributed by atoms with E-state index in [2.05, 4.69) is 26.2 Å². The van der Waals surface area contributed by atoms with Crippen LogP contribution in [-0.2, 0) is 6.18 Å². The van der Waals surface area contributed by atoms with Gasteiger partial charge in [0.05, 0.1) is 44.3 Å². The molecule has 0 bridgehead atoms. The summed E-state index contributed by atoms with van der Waals surface area (Å²) < 4.78 is 56.0. The number of carbonyl (C=O) groups is 1. The number of aryl methyl sites for hydroxylation is 1. The van der Waals surface area contributed by atoms with Gasteiger partial charge < -0.3 is 20.5 Å². The molecular formula is C24H24F4N8OS. The maximum Gasteiger partial charge on any atom is 0.419 e. The van der Waals surface area contributed by atoms with Crippen LogP contribution in [0.2, 0.25) is 0 Å². The number of aromatic nitrogens is 2. The summed E-state index contributed by atoms with van der Waals surface area (Å²) in [6, 6.07) is 3.42. The first-order valence-electron chi connectivity index (χ1n) is 11.6. The number of hydrogen-bond acceptors (Lipinski definition) is 9. The maximum absolute atomic E-state index is 15.0. The van der Waals surface area contributed by atoms with E-state index in [1.807, 2.05) is 11.9 Å². The Morgan fingerprint density at radius 2 is 1.87 bits per heavy atom. The van der Waals surface area contributed by atoms with Crippen molar-refractivity contribution in [3.8, 4) is 0 Å². The Kier molecular flexibility index (Phi) is 6.94. The van der Waals surface area contributed by atoms with Crippen molar-refractivity contribution in [2.45, 2.75) is 13.1 Å². The lowest BCUT2D eigenvalue weighted by molar-refractivity contribution is -0.139. The van der Waals surface area contributed by atoms with E-state index < -0.39 is 23.5 Å². The van der Waals surface area contributed by atoms with Gasteiger partial charge in [0.1, 0.15) is 0 Å². The van der Waals surface area contributed by atoms with Crippen LogP contribution >= 0.6 is 11.3 Å². The fourth-order valence-corrected chi connectivity index (χ4v) is 4.76. The third-order valence-corrected chi connectivity index (χ3v) is 7.12. The second-order valence-corrected chi connectivity index (χ2v) is 9.83. The topological polar surface area (TPSA) is 88.7 Å². The summed E-state index contributed by atoms with van der Waals surface area (Å²) in [4.78, 5) is 25.9. The first-order valence-corrected chi connectivity index (χ1v) is 12.5. The number of benzene rings is 1. The van der Waals surface area contributed by atoms with Crippen molar-refractivity contribution >= 4 is 40.0 Å². The molecule has 38 heavy (non-hydrogen) atoms. The SMILES string of the molecule is Cc1ncc(C(=O)Nc2cc(N3CCN(C)CC3)c(F)c(C(F)(F)F)c2)cc1N1C=C(c2cncs2)NN1. The number of carbonyl (C=O) groups excluding carboxylic acids is 1. The van der Waals surface area contributed by atoms with Gasteiger partial charge in [-0.3, -0.25) is 19.8 Å². The highest BCUT2D eigenvalue weighted by atomic mass is 32.1. The molecule has 3 aromatic rings. The van der Waals surface area contributed by atoms with Crippen molar-refractivity contribution in [1.82, 2.24) is 25.8 Å². The number of amides is 1. The molecular weight excluding hydrogens is 524 g/mol. The Morgan fingerprint density at radius 1 is 1.11 bits per heavy atom. The third-order valence-electron chi connectivity index (χ3n) is 6.31. The molecule has 2 aromatic heterocycles. The van der Waals surface area contributed by atoms with Crippen LogP contribution in [0.25, 0.3) is 5.70 Å². The van der Waals surface area contributed by atoms with Gasteiger partial charge >= 0.3 is 6.18 Å². The summed E-state index contributed by atoms with van der Waals surface area (Å²) in [5, 5.41) is 4.13. The number of thiazole rings is 1. The van der Waals surface area contributed by atoms with Gasteiger partial charge in [0.15, 0.2) is 5.82 Å². The van der Waals surface area contributed by atoms with E-state index >= 15 is 0 Å². The molecule has 3 N–H and O–H groups in total. The van der Waals surface area contributed by atoms with Gasteiger partial charge in [0.2, 0.25) is 0 Å². The fraction of sp³-hybridized carbons (Fsp3) is 0.292. The van der Waals surface area contributed by atoms with Crippen molar-refractivity contribution in [2.24, 2.45) is 0 Å². The zero-order valence-corrected chi connectivity index (χ0v) is 21.3. The number of likely N-dealkylation sites (N-methyl/N-ethyl adjacent to an activating group) is 1. The number of piperazine rings is 1. The van der Waals surface area contributed by atoms with Crippen LogP contribution in [0.5, 0.6) is 0 Å². The predicted molar refractivity (Wildman–Crippen MR) is 137 cm³/mol. The summed E-state index contributed by atoms with van der Waals surface area (Å²) in [6.07, 6.45) is -0.114. The molecule has 0 aliphatic carbocycles. The van der Waals surface area contributed by atoms with Crippen LogP contribution < -0.4 is 26.2 Å². The van der Waals surface area contributed by atoms with Crippen molar-refractivity contribution in [3.05, 3.63) is 69.8 Å². The quantitative estimate of drug-likeness (QED) is 0.415. The van der Waals surface area contributed by atoms with Gasteiger partial charge in [0, 0.05) is 50.5 Å². The standard InChI is InChI=1S/C24H24F4N8OS/c1-14-19(36-12-18(32-33-36)21-11-29-13-38-21)7-15(10-30-14)23(37)31-16-8-17(24(26,27)28)22(25)20(9-16)35-5-3-34(2)4-6-35/h7-13,32-33H,3-6H2,1-2H3,(H,31,37). The Morgan fingerprint density at radius 3 is 2.55 bits per heavy atom. The molecule has 5 rings (SSSR count). The van der Waals surface area contributed by atoms with E-state index in [1.165, 1.54) is 23.6 Å². The highest BCUT2D eigenvalue weighted by Crippen LogP contribution is 2.38. The average Bonchev–Trinajstić information content (AvgIpc) is 3.57. The molecule has 1 amide bonds. The summed E-state index contributed by atoms with van der Waals surface area (Å²) in [5.74, 6) is -2.03. The number of hydrazine groups is 2. The molecule has 0 saturated carbocycles. The Labute approximate surface area is 219 Å². The van der Waals surface area contributed by atoms with E-state index in [0.29, 0.717) is 43.6 Å². The maximum atomic E-state index is 15.0. The highest BCUT2D eigenvalue weighted by molar-refractivity contribution is 7.10. The Bertz CT molecular complexity index is 1370. The van der Waals surface area contributed by atoms with Gasteiger partial charge in [-0.25, -0.2) is 4.39 Å². The van der Waals surface area contributed by atoms with Crippen molar-refractivity contribution < 1.29 is 22.4 Å².